The van der Waals surface area contributed by atoms with Crippen LogP contribution in [0.5, 0.6) is 11.5 Å². The Morgan fingerprint density at radius 3 is 2.68 bits per heavy atom. The van der Waals surface area contributed by atoms with Crippen molar-refractivity contribution in [3.8, 4) is 11.5 Å². The SMILES string of the molecule is Cc1ccc(S(=O)(=O)NNC(=O)c2ccc3c(c2)OCO3)s1. The van der Waals surface area contributed by atoms with Crippen LogP contribution in [0.2, 0.25) is 0 Å². The molecule has 2 heterocycles. The topological polar surface area (TPSA) is 93.7 Å². The number of nitrogens with one attached hydrogen (secondary N) is 2. The molecule has 1 amide bonds. The summed E-state index contributed by atoms with van der Waals surface area (Å²) in [5.41, 5.74) is 2.43. The molecule has 0 fully saturated rings. The molecular weight excluding hydrogens is 328 g/mol. The van der Waals surface area contributed by atoms with Crippen LogP contribution in [0.25, 0.3) is 0 Å². The van der Waals surface area contributed by atoms with Gasteiger partial charge in [0.2, 0.25) is 6.79 Å². The van der Waals surface area contributed by atoms with Crippen molar-refractivity contribution < 1.29 is 22.7 Å². The van der Waals surface area contributed by atoms with Gasteiger partial charge in [-0.1, -0.05) is 0 Å². The Bertz CT molecular complexity index is 829. The smallest absolute Gasteiger partial charge is 0.266 e. The van der Waals surface area contributed by atoms with E-state index in [-0.39, 0.29) is 16.6 Å². The molecule has 7 nitrogen and oxygen atoms in total. The Morgan fingerprint density at radius 2 is 1.95 bits per heavy atom. The lowest BCUT2D eigenvalue weighted by Gasteiger charge is -2.07. The molecule has 1 aromatic heterocycles. The van der Waals surface area contributed by atoms with Gasteiger partial charge in [-0.05, 0) is 37.3 Å². The van der Waals surface area contributed by atoms with Gasteiger partial charge in [-0.3, -0.25) is 10.2 Å². The monoisotopic (exact) mass is 340 g/mol. The van der Waals surface area contributed by atoms with Crippen LogP contribution >= 0.6 is 11.3 Å². The van der Waals surface area contributed by atoms with Gasteiger partial charge in [0.25, 0.3) is 15.9 Å². The molecule has 0 spiro atoms. The van der Waals surface area contributed by atoms with Crippen molar-refractivity contribution >= 4 is 27.3 Å². The van der Waals surface area contributed by atoms with E-state index >= 15 is 0 Å². The predicted molar refractivity (Wildman–Crippen MR) is 79.4 cm³/mol. The van der Waals surface area contributed by atoms with E-state index in [4.69, 9.17) is 9.47 Å². The highest BCUT2D eigenvalue weighted by Gasteiger charge is 2.19. The molecule has 0 bridgehead atoms. The van der Waals surface area contributed by atoms with Gasteiger partial charge in [0.05, 0.1) is 0 Å². The minimum atomic E-state index is -3.77. The van der Waals surface area contributed by atoms with E-state index in [1.54, 1.807) is 19.1 Å². The molecule has 2 aromatic rings. The van der Waals surface area contributed by atoms with Crippen LogP contribution in [0.4, 0.5) is 0 Å². The Hall–Kier alpha value is -2.10. The molecule has 3 rings (SSSR count). The normalized spacial score (nSPS) is 13.1. The number of ether oxygens (including phenoxy) is 2. The second-order valence-electron chi connectivity index (χ2n) is 4.49. The molecule has 0 aliphatic carbocycles. The number of sulfonamides is 1. The standard InChI is InChI=1S/C13H12N2O5S2/c1-8-2-5-12(21-8)22(17,18)15-14-13(16)9-3-4-10-11(6-9)20-7-19-10/h2-6,15H,7H2,1H3,(H,14,16). The van der Waals surface area contributed by atoms with Crippen molar-refractivity contribution in [2.45, 2.75) is 11.1 Å². The van der Waals surface area contributed by atoms with Gasteiger partial charge in [-0.2, -0.15) is 0 Å². The van der Waals surface area contributed by atoms with E-state index in [1.165, 1.54) is 18.2 Å². The summed E-state index contributed by atoms with van der Waals surface area (Å²) in [6.07, 6.45) is 0. The largest absolute Gasteiger partial charge is 0.454 e. The predicted octanol–water partition coefficient (Wildman–Crippen LogP) is 1.41. The summed E-state index contributed by atoms with van der Waals surface area (Å²) in [6.45, 7) is 1.90. The molecule has 1 aliphatic rings. The maximum absolute atomic E-state index is 12.0. The Morgan fingerprint density at radius 1 is 1.18 bits per heavy atom. The molecular formula is C13H12N2O5S2. The average molecular weight is 340 g/mol. The lowest BCUT2D eigenvalue weighted by atomic mass is 10.2. The number of carbonyl (C=O) groups is 1. The molecule has 1 aromatic carbocycles. The number of hydrogen-bond acceptors (Lipinski definition) is 6. The second-order valence-corrected chi connectivity index (χ2v) is 7.69. The minimum Gasteiger partial charge on any atom is -0.454 e. The van der Waals surface area contributed by atoms with Crippen LogP contribution in [-0.4, -0.2) is 21.1 Å². The van der Waals surface area contributed by atoms with Crippen LogP contribution in [0, 0.1) is 6.92 Å². The first-order valence-corrected chi connectivity index (χ1v) is 8.54. The van der Waals surface area contributed by atoms with Gasteiger partial charge >= 0.3 is 0 Å². The van der Waals surface area contributed by atoms with E-state index in [1.807, 2.05) is 0 Å². The van der Waals surface area contributed by atoms with Gasteiger partial charge in [0, 0.05) is 10.4 Å². The van der Waals surface area contributed by atoms with Crippen LogP contribution in [0.1, 0.15) is 15.2 Å². The van der Waals surface area contributed by atoms with Gasteiger partial charge in [-0.15, -0.1) is 16.2 Å². The highest BCUT2D eigenvalue weighted by atomic mass is 32.2. The summed E-state index contributed by atoms with van der Waals surface area (Å²) in [4.78, 5) is 14.9. The first-order chi connectivity index (χ1) is 10.5. The van der Waals surface area contributed by atoms with E-state index < -0.39 is 15.9 Å². The Kier molecular flexibility index (Phi) is 3.77. The molecule has 0 unspecified atom stereocenters. The zero-order valence-corrected chi connectivity index (χ0v) is 13.1. The van der Waals surface area contributed by atoms with Crippen LogP contribution in [0.3, 0.4) is 0 Å². The van der Waals surface area contributed by atoms with Crippen molar-refractivity contribution in [1.82, 2.24) is 10.3 Å². The van der Waals surface area contributed by atoms with Crippen LogP contribution in [0.15, 0.2) is 34.5 Å². The number of benzene rings is 1. The second kappa shape index (κ2) is 5.59. The summed E-state index contributed by atoms with van der Waals surface area (Å²) in [5, 5.41) is 0. The van der Waals surface area contributed by atoms with Gasteiger partial charge in [0.1, 0.15) is 4.21 Å². The summed E-state index contributed by atoms with van der Waals surface area (Å²) in [7, 11) is -3.77. The fourth-order valence-electron chi connectivity index (χ4n) is 1.83. The number of carbonyl (C=O) groups excluding carboxylic acids is 1. The highest BCUT2D eigenvalue weighted by Crippen LogP contribution is 2.32. The van der Waals surface area contributed by atoms with Crippen molar-refractivity contribution in [3.05, 3.63) is 40.8 Å². The molecule has 0 saturated carbocycles. The third kappa shape index (κ3) is 2.91. The van der Waals surface area contributed by atoms with Crippen molar-refractivity contribution in [3.63, 3.8) is 0 Å². The molecule has 0 radical (unpaired) electrons. The van der Waals surface area contributed by atoms with Gasteiger partial charge in [0.15, 0.2) is 11.5 Å². The van der Waals surface area contributed by atoms with Crippen LogP contribution in [-0.2, 0) is 10.0 Å². The molecule has 2 N–H and O–H groups in total. The number of hydrazine groups is 1. The summed E-state index contributed by atoms with van der Waals surface area (Å²) >= 11 is 1.12. The third-order valence-corrected chi connectivity index (χ3v) is 5.65. The zero-order valence-electron chi connectivity index (χ0n) is 11.5. The minimum absolute atomic E-state index is 0.102. The summed E-state index contributed by atoms with van der Waals surface area (Å²) in [6, 6.07) is 7.77. The number of rotatable bonds is 4. The molecule has 0 saturated heterocycles. The quantitative estimate of drug-likeness (QED) is 0.821. The lowest BCUT2D eigenvalue weighted by Crippen LogP contribution is -2.41. The van der Waals surface area contributed by atoms with Crippen molar-refractivity contribution in [1.29, 1.82) is 0 Å². The number of aryl methyl sites for hydroxylation is 1. The fourth-order valence-corrected chi connectivity index (χ4v) is 3.95. The molecule has 22 heavy (non-hydrogen) atoms. The van der Waals surface area contributed by atoms with E-state index in [0.29, 0.717) is 11.5 Å². The first-order valence-electron chi connectivity index (χ1n) is 6.24. The Balaban J connectivity index is 1.70. The summed E-state index contributed by atoms with van der Waals surface area (Å²) in [5.74, 6) is 0.408. The van der Waals surface area contributed by atoms with Crippen molar-refractivity contribution in [2.24, 2.45) is 0 Å². The summed E-state index contributed by atoms with van der Waals surface area (Å²) < 4.78 is 34.5. The average Bonchev–Trinajstić information content (AvgIpc) is 3.12. The first kappa shape index (κ1) is 14.8. The van der Waals surface area contributed by atoms with E-state index in [2.05, 4.69) is 10.3 Å². The highest BCUT2D eigenvalue weighted by molar-refractivity contribution is 7.91. The number of fused-ring (bicyclic) bond motifs is 1. The van der Waals surface area contributed by atoms with Gasteiger partial charge in [-0.25, -0.2) is 8.42 Å². The number of thiophene rings is 1. The van der Waals surface area contributed by atoms with E-state index in [9.17, 15) is 13.2 Å². The number of hydrogen-bond donors (Lipinski definition) is 2. The molecule has 116 valence electrons. The Labute approximate surface area is 130 Å². The van der Waals surface area contributed by atoms with Crippen LogP contribution < -0.4 is 19.7 Å². The number of amides is 1. The molecule has 0 atom stereocenters. The van der Waals surface area contributed by atoms with E-state index in [0.717, 1.165) is 16.2 Å². The maximum Gasteiger partial charge on any atom is 0.266 e. The lowest BCUT2D eigenvalue weighted by molar-refractivity contribution is 0.0944. The fraction of sp³-hybridized carbons (Fsp3) is 0.154. The zero-order chi connectivity index (χ0) is 15.7. The molecule has 9 heteroatoms. The molecule has 1 aliphatic heterocycles. The third-order valence-electron chi connectivity index (χ3n) is 2.91. The van der Waals surface area contributed by atoms with Gasteiger partial charge < -0.3 is 9.47 Å². The van der Waals surface area contributed by atoms with Crippen molar-refractivity contribution in [2.75, 3.05) is 6.79 Å². The maximum atomic E-state index is 12.0.